The van der Waals surface area contributed by atoms with Crippen molar-refractivity contribution in [3.05, 3.63) is 29.8 Å². The third-order valence-electron chi connectivity index (χ3n) is 4.48. The highest BCUT2D eigenvalue weighted by Gasteiger charge is 2.30. The molecule has 1 aromatic rings. The summed E-state index contributed by atoms with van der Waals surface area (Å²) in [6.07, 6.45) is 1.96. The molecule has 1 atom stereocenters. The molecule has 1 unspecified atom stereocenters. The monoisotopic (exact) mass is 375 g/mol. The molecule has 6 heteroatoms. The van der Waals surface area contributed by atoms with E-state index in [1.807, 2.05) is 63.9 Å². The Balaban J connectivity index is 1.93. The third-order valence-corrected chi connectivity index (χ3v) is 4.48. The van der Waals surface area contributed by atoms with Crippen molar-refractivity contribution in [3.8, 4) is 5.75 Å². The molecule has 0 bridgehead atoms. The van der Waals surface area contributed by atoms with E-state index >= 15 is 0 Å². The molecule has 150 valence electrons. The smallest absolute Gasteiger partial charge is 0.237 e. The Kier molecular flexibility index (Phi) is 7.25. The number of carbonyl (C=O) groups is 2. The molecule has 0 spiro atoms. The Morgan fingerprint density at radius 3 is 2.48 bits per heavy atom. The van der Waals surface area contributed by atoms with Crippen LogP contribution in [0.2, 0.25) is 0 Å². The zero-order valence-electron chi connectivity index (χ0n) is 17.2. The van der Waals surface area contributed by atoms with Gasteiger partial charge in [0.1, 0.15) is 5.75 Å². The Morgan fingerprint density at radius 1 is 1.22 bits per heavy atom. The van der Waals surface area contributed by atoms with Gasteiger partial charge in [0.2, 0.25) is 11.8 Å². The molecule has 0 radical (unpaired) electrons. The Labute approximate surface area is 162 Å². The molecule has 1 aliphatic heterocycles. The molecule has 1 heterocycles. The van der Waals surface area contributed by atoms with Crippen LogP contribution in [-0.4, -0.2) is 60.4 Å². The number of nitrogens with one attached hydrogen (secondary N) is 1. The second-order valence-corrected chi connectivity index (χ2v) is 8.22. The van der Waals surface area contributed by atoms with Crippen molar-refractivity contribution in [3.63, 3.8) is 0 Å². The molecule has 0 saturated carbocycles. The van der Waals surface area contributed by atoms with Gasteiger partial charge in [0, 0.05) is 12.1 Å². The van der Waals surface area contributed by atoms with Crippen molar-refractivity contribution in [2.24, 2.45) is 0 Å². The number of rotatable bonds is 7. The van der Waals surface area contributed by atoms with Crippen LogP contribution in [0.25, 0.3) is 0 Å². The Morgan fingerprint density at radius 2 is 1.89 bits per heavy atom. The number of amides is 2. The molecule has 27 heavy (non-hydrogen) atoms. The summed E-state index contributed by atoms with van der Waals surface area (Å²) in [4.78, 5) is 28.6. The van der Waals surface area contributed by atoms with Crippen molar-refractivity contribution in [2.75, 3.05) is 33.3 Å². The van der Waals surface area contributed by atoms with Crippen LogP contribution in [0.3, 0.4) is 0 Å². The van der Waals surface area contributed by atoms with Crippen molar-refractivity contribution in [1.29, 1.82) is 0 Å². The number of carbonyl (C=O) groups excluding carboxylic acids is 2. The molecule has 2 amide bonds. The highest BCUT2D eigenvalue weighted by molar-refractivity contribution is 5.82. The summed E-state index contributed by atoms with van der Waals surface area (Å²) in [5.41, 5.74) is 0.868. The number of likely N-dealkylation sites (tertiary alicyclic amines) is 1. The zero-order chi connectivity index (χ0) is 20.0. The summed E-state index contributed by atoms with van der Waals surface area (Å²) in [5, 5.41) is 2.93. The quantitative estimate of drug-likeness (QED) is 0.796. The number of nitrogens with zero attached hydrogens (tertiary/aromatic N) is 2. The van der Waals surface area contributed by atoms with Crippen molar-refractivity contribution in [1.82, 2.24) is 15.1 Å². The van der Waals surface area contributed by atoms with E-state index in [2.05, 4.69) is 5.32 Å². The van der Waals surface area contributed by atoms with E-state index in [-0.39, 0.29) is 36.5 Å². The van der Waals surface area contributed by atoms with Crippen LogP contribution in [0, 0.1) is 0 Å². The second-order valence-electron chi connectivity index (χ2n) is 8.22. The predicted octanol–water partition coefficient (Wildman–Crippen LogP) is 2.60. The first-order valence-electron chi connectivity index (χ1n) is 9.71. The fourth-order valence-corrected chi connectivity index (χ4v) is 3.45. The molecule has 1 N–H and O–H groups in total. The van der Waals surface area contributed by atoms with Gasteiger partial charge in [-0.1, -0.05) is 12.1 Å². The maximum atomic E-state index is 12.8. The lowest BCUT2D eigenvalue weighted by molar-refractivity contribution is -0.133. The maximum absolute atomic E-state index is 12.8. The molecular weight excluding hydrogens is 342 g/mol. The van der Waals surface area contributed by atoms with E-state index in [4.69, 9.17) is 4.74 Å². The SMILES string of the molecule is CCOc1ccc(C2CCCN2C(=O)CN(C)CC(=O)NC(C)(C)C)cc1. The van der Waals surface area contributed by atoms with Gasteiger partial charge in [-0.3, -0.25) is 14.5 Å². The molecular formula is C21H33N3O3. The molecule has 0 aliphatic carbocycles. The summed E-state index contributed by atoms with van der Waals surface area (Å²) in [6.45, 7) is 9.66. The average Bonchev–Trinajstić information content (AvgIpc) is 3.03. The van der Waals surface area contributed by atoms with Gasteiger partial charge in [-0.05, 0) is 65.3 Å². The van der Waals surface area contributed by atoms with Gasteiger partial charge in [-0.25, -0.2) is 0 Å². The Hall–Kier alpha value is -2.08. The van der Waals surface area contributed by atoms with Crippen LogP contribution < -0.4 is 10.1 Å². The van der Waals surface area contributed by atoms with E-state index in [0.29, 0.717) is 6.61 Å². The van der Waals surface area contributed by atoms with Crippen LogP contribution in [0.5, 0.6) is 5.75 Å². The average molecular weight is 376 g/mol. The van der Waals surface area contributed by atoms with E-state index in [9.17, 15) is 9.59 Å². The summed E-state index contributed by atoms with van der Waals surface area (Å²) in [5.74, 6) is 0.849. The third kappa shape index (κ3) is 6.54. The fraction of sp³-hybridized carbons (Fsp3) is 0.619. The normalized spacial score (nSPS) is 17.3. The topological polar surface area (TPSA) is 61.9 Å². The van der Waals surface area contributed by atoms with Gasteiger partial charge in [0.15, 0.2) is 0 Å². The minimum atomic E-state index is -0.268. The van der Waals surface area contributed by atoms with Gasteiger partial charge in [0.05, 0.1) is 25.7 Å². The van der Waals surface area contributed by atoms with Crippen LogP contribution in [0.1, 0.15) is 52.1 Å². The standard InChI is InChI=1S/C21H33N3O3/c1-6-27-17-11-9-16(10-12-17)18-8-7-13-24(18)20(26)15-23(5)14-19(25)22-21(2,3)4/h9-12,18H,6-8,13-15H2,1-5H3,(H,22,25). The highest BCUT2D eigenvalue weighted by atomic mass is 16.5. The first kappa shape index (κ1) is 21.2. The number of hydrogen-bond acceptors (Lipinski definition) is 4. The molecule has 0 aromatic heterocycles. The molecule has 6 nitrogen and oxygen atoms in total. The number of hydrogen-bond donors (Lipinski definition) is 1. The van der Waals surface area contributed by atoms with E-state index in [0.717, 1.165) is 30.7 Å². The van der Waals surface area contributed by atoms with Gasteiger partial charge < -0.3 is 15.0 Å². The number of likely N-dealkylation sites (N-methyl/N-ethyl adjacent to an activating group) is 1. The first-order valence-corrected chi connectivity index (χ1v) is 9.71. The highest BCUT2D eigenvalue weighted by Crippen LogP contribution is 2.32. The van der Waals surface area contributed by atoms with Crippen LogP contribution in [0.15, 0.2) is 24.3 Å². The number of ether oxygens (including phenoxy) is 1. The van der Waals surface area contributed by atoms with Crippen molar-refractivity contribution in [2.45, 2.75) is 52.1 Å². The molecule has 1 saturated heterocycles. The Bertz CT molecular complexity index is 637. The number of benzene rings is 1. The summed E-state index contributed by atoms with van der Waals surface area (Å²) >= 11 is 0. The van der Waals surface area contributed by atoms with Crippen LogP contribution in [-0.2, 0) is 9.59 Å². The minimum Gasteiger partial charge on any atom is -0.494 e. The summed E-state index contributed by atoms with van der Waals surface area (Å²) in [6, 6.07) is 8.11. The van der Waals surface area contributed by atoms with Crippen LogP contribution in [0.4, 0.5) is 0 Å². The van der Waals surface area contributed by atoms with E-state index < -0.39 is 0 Å². The lowest BCUT2D eigenvalue weighted by Crippen LogP contribution is -2.47. The molecule has 1 aliphatic rings. The molecule has 1 fully saturated rings. The predicted molar refractivity (Wildman–Crippen MR) is 107 cm³/mol. The van der Waals surface area contributed by atoms with Gasteiger partial charge >= 0.3 is 0 Å². The minimum absolute atomic E-state index is 0.0671. The van der Waals surface area contributed by atoms with E-state index in [1.54, 1.807) is 4.90 Å². The van der Waals surface area contributed by atoms with Crippen molar-refractivity contribution < 1.29 is 14.3 Å². The largest absolute Gasteiger partial charge is 0.494 e. The lowest BCUT2D eigenvalue weighted by atomic mass is 10.0. The van der Waals surface area contributed by atoms with Crippen molar-refractivity contribution >= 4 is 11.8 Å². The molecule has 2 rings (SSSR count). The zero-order valence-corrected chi connectivity index (χ0v) is 17.2. The van der Waals surface area contributed by atoms with Gasteiger partial charge in [-0.2, -0.15) is 0 Å². The fourth-order valence-electron chi connectivity index (χ4n) is 3.45. The maximum Gasteiger partial charge on any atom is 0.237 e. The van der Waals surface area contributed by atoms with Crippen LogP contribution >= 0.6 is 0 Å². The van der Waals surface area contributed by atoms with Gasteiger partial charge in [0.25, 0.3) is 0 Å². The van der Waals surface area contributed by atoms with Gasteiger partial charge in [-0.15, -0.1) is 0 Å². The lowest BCUT2D eigenvalue weighted by Gasteiger charge is -2.28. The van der Waals surface area contributed by atoms with E-state index in [1.165, 1.54) is 0 Å². The second kappa shape index (κ2) is 9.22. The first-order chi connectivity index (χ1) is 12.7. The molecule has 1 aromatic carbocycles. The summed E-state index contributed by atoms with van der Waals surface area (Å²) < 4.78 is 5.50. The summed E-state index contributed by atoms with van der Waals surface area (Å²) in [7, 11) is 1.81.